The van der Waals surface area contributed by atoms with Crippen LogP contribution in [0.4, 0.5) is 17.1 Å². The van der Waals surface area contributed by atoms with Crippen molar-refractivity contribution in [2.24, 2.45) is 10.2 Å². The van der Waals surface area contributed by atoms with Crippen LogP contribution < -0.4 is 9.47 Å². The minimum Gasteiger partial charge on any atom is -0.372 e. The molecule has 0 aliphatic heterocycles. The Balaban J connectivity index is 1.53. The van der Waals surface area contributed by atoms with Gasteiger partial charge in [0.25, 0.3) is 0 Å². The number of hydrogen-bond acceptors (Lipinski definition) is 4. The van der Waals surface area contributed by atoms with Gasteiger partial charge in [0.05, 0.1) is 11.4 Å². The molecule has 0 fully saturated rings. The first kappa shape index (κ1) is 23.6. The average Bonchev–Trinajstić information content (AvgIpc) is 2.91. The molecule has 0 N–H and O–H groups in total. The Hall–Kier alpha value is -4.12. The van der Waals surface area contributed by atoms with E-state index in [1.807, 2.05) is 30.3 Å². The summed E-state index contributed by atoms with van der Waals surface area (Å²) in [7, 11) is 0. The van der Waals surface area contributed by atoms with Crippen LogP contribution in [0.1, 0.15) is 32.3 Å². The Morgan fingerprint density at radius 1 is 0.694 bits per heavy atom. The summed E-state index contributed by atoms with van der Waals surface area (Å²) in [4.78, 5) is 7.35. The SMILES string of the molecule is CCCN(CCC)c1ccc(N=Nc2ccc3nc4ccc(C)cc4[n+](-c4ccccc4)c3c2)cc1. The predicted octanol–water partition coefficient (Wildman–Crippen LogP) is 8.01. The van der Waals surface area contributed by atoms with Crippen molar-refractivity contribution in [3.05, 3.63) is 96.6 Å². The highest BCUT2D eigenvalue weighted by Crippen LogP contribution is 2.26. The summed E-state index contributed by atoms with van der Waals surface area (Å²) in [6.45, 7) is 8.68. The van der Waals surface area contributed by atoms with Gasteiger partial charge in [0.2, 0.25) is 16.7 Å². The highest BCUT2D eigenvalue weighted by Gasteiger charge is 2.20. The first-order valence-electron chi connectivity index (χ1n) is 12.7. The van der Waals surface area contributed by atoms with Crippen molar-refractivity contribution in [1.82, 2.24) is 4.98 Å². The molecule has 0 radical (unpaired) electrons. The highest BCUT2D eigenvalue weighted by atomic mass is 15.1. The first-order chi connectivity index (χ1) is 17.7. The molecule has 0 spiro atoms. The van der Waals surface area contributed by atoms with Gasteiger partial charge >= 0.3 is 0 Å². The second kappa shape index (κ2) is 10.6. The average molecular weight is 475 g/mol. The van der Waals surface area contributed by atoms with Crippen LogP contribution in [-0.2, 0) is 0 Å². The number of aryl methyl sites for hydroxylation is 1. The van der Waals surface area contributed by atoms with Crippen molar-refractivity contribution in [2.45, 2.75) is 33.6 Å². The van der Waals surface area contributed by atoms with Crippen molar-refractivity contribution >= 4 is 39.1 Å². The lowest BCUT2D eigenvalue weighted by molar-refractivity contribution is -0.538. The number of para-hydroxylation sites is 1. The molecule has 5 aromatic rings. The number of fused-ring (bicyclic) bond motifs is 2. The fourth-order valence-electron chi connectivity index (χ4n) is 4.62. The number of nitrogens with zero attached hydrogens (tertiary/aromatic N) is 5. The number of rotatable bonds is 8. The maximum atomic E-state index is 4.92. The molecule has 0 bridgehead atoms. The van der Waals surface area contributed by atoms with Gasteiger partial charge in [0, 0.05) is 43.0 Å². The summed E-state index contributed by atoms with van der Waals surface area (Å²) in [6, 6.07) is 31.2. The van der Waals surface area contributed by atoms with Gasteiger partial charge in [-0.05, 0) is 67.8 Å². The lowest BCUT2D eigenvalue weighted by Crippen LogP contribution is -2.33. The van der Waals surface area contributed by atoms with E-state index in [2.05, 4.69) is 101 Å². The molecule has 0 unspecified atom stereocenters. The molecular formula is C31H32N5+. The van der Waals surface area contributed by atoms with Gasteiger partial charge in [-0.15, -0.1) is 4.57 Å². The van der Waals surface area contributed by atoms with E-state index in [-0.39, 0.29) is 0 Å². The van der Waals surface area contributed by atoms with Crippen LogP contribution in [0.5, 0.6) is 0 Å². The maximum absolute atomic E-state index is 4.92. The molecule has 0 saturated heterocycles. The highest BCUT2D eigenvalue weighted by molar-refractivity contribution is 5.84. The van der Waals surface area contributed by atoms with Crippen molar-refractivity contribution in [2.75, 3.05) is 18.0 Å². The quantitative estimate of drug-likeness (QED) is 0.130. The van der Waals surface area contributed by atoms with E-state index in [9.17, 15) is 0 Å². The van der Waals surface area contributed by atoms with Crippen LogP contribution in [0.15, 0.2) is 101 Å². The summed E-state index contributed by atoms with van der Waals surface area (Å²) in [5.41, 5.74) is 9.12. The first-order valence-corrected chi connectivity index (χ1v) is 12.7. The standard InChI is InChI=1S/C31H32N5/c1-4-19-35(20-5-2)26-15-12-24(13-16-26)33-34-25-14-18-29-31(22-25)36(27-9-7-6-8-10-27)30-21-23(3)11-17-28(30)32-29/h6-18,21-22H,4-5,19-20H2,1-3H3/q+1. The van der Waals surface area contributed by atoms with Gasteiger partial charge in [0.1, 0.15) is 11.0 Å². The number of azo groups is 1. The van der Waals surface area contributed by atoms with E-state index >= 15 is 0 Å². The molecule has 5 rings (SSSR count). The molecule has 0 atom stereocenters. The minimum absolute atomic E-state index is 0.795. The van der Waals surface area contributed by atoms with Crippen LogP contribution in [0.25, 0.3) is 27.8 Å². The molecule has 0 aliphatic carbocycles. The van der Waals surface area contributed by atoms with Gasteiger partial charge < -0.3 is 4.90 Å². The molecule has 5 nitrogen and oxygen atoms in total. The molecular weight excluding hydrogens is 442 g/mol. The molecule has 180 valence electrons. The second-order valence-electron chi connectivity index (χ2n) is 9.15. The Bertz CT molecular complexity index is 1500. The van der Waals surface area contributed by atoms with E-state index in [0.717, 1.165) is 65.1 Å². The van der Waals surface area contributed by atoms with Crippen LogP contribution in [0.2, 0.25) is 0 Å². The minimum atomic E-state index is 0.795. The van der Waals surface area contributed by atoms with Crippen molar-refractivity contribution in [1.29, 1.82) is 0 Å². The van der Waals surface area contributed by atoms with Gasteiger partial charge in [-0.3, -0.25) is 0 Å². The number of aromatic nitrogens is 2. The van der Waals surface area contributed by atoms with E-state index in [0.29, 0.717) is 0 Å². The van der Waals surface area contributed by atoms with E-state index in [1.54, 1.807) is 0 Å². The Morgan fingerprint density at radius 2 is 1.31 bits per heavy atom. The third-order valence-corrected chi connectivity index (χ3v) is 6.31. The fraction of sp³-hybridized carbons (Fsp3) is 0.226. The van der Waals surface area contributed by atoms with Gasteiger partial charge in [-0.1, -0.05) is 38.1 Å². The molecule has 0 amide bonds. The van der Waals surface area contributed by atoms with E-state index < -0.39 is 0 Å². The fourth-order valence-corrected chi connectivity index (χ4v) is 4.62. The molecule has 5 heteroatoms. The number of anilines is 1. The largest absolute Gasteiger partial charge is 0.372 e. The molecule has 4 aromatic carbocycles. The topological polar surface area (TPSA) is 44.7 Å². The van der Waals surface area contributed by atoms with Crippen molar-refractivity contribution in [3.8, 4) is 5.69 Å². The summed E-state index contributed by atoms with van der Waals surface area (Å²) >= 11 is 0. The van der Waals surface area contributed by atoms with Crippen LogP contribution >= 0.6 is 0 Å². The number of hydrogen-bond donors (Lipinski definition) is 0. The summed E-state index contributed by atoms with van der Waals surface area (Å²) in [5, 5.41) is 9.11. The van der Waals surface area contributed by atoms with Gasteiger partial charge in [-0.25, -0.2) is 4.98 Å². The molecule has 1 aromatic heterocycles. The lowest BCUT2D eigenvalue weighted by atomic mass is 10.1. The summed E-state index contributed by atoms with van der Waals surface area (Å²) in [5.74, 6) is 0. The van der Waals surface area contributed by atoms with Gasteiger partial charge in [-0.2, -0.15) is 10.2 Å². The van der Waals surface area contributed by atoms with Crippen LogP contribution in [0, 0.1) is 6.92 Å². The van der Waals surface area contributed by atoms with E-state index in [4.69, 9.17) is 4.98 Å². The molecule has 1 heterocycles. The zero-order valence-corrected chi connectivity index (χ0v) is 21.2. The molecule has 0 aliphatic rings. The van der Waals surface area contributed by atoms with Crippen molar-refractivity contribution < 1.29 is 4.57 Å². The van der Waals surface area contributed by atoms with Gasteiger partial charge in [0.15, 0.2) is 0 Å². The number of benzene rings is 4. The normalized spacial score (nSPS) is 11.5. The third-order valence-electron chi connectivity index (χ3n) is 6.31. The third kappa shape index (κ3) is 4.96. The predicted molar refractivity (Wildman–Crippen MR) is 149 cm³/mol. The zero-order valence-electron chi connectivity index (χ0n) is 21.2. The molecule has 0 saturated carbocycles. The Morgan fingerprint density at radius 3 is 2.00 bits per heavy atom. The molecule has 36 heavy (non-hydrogen) atoms. The van der Waals surface area contributed by atoms with Crippen LogP contribution in [0.3, 0.4) is 0 Å². The Kier molecular flexibility index (Phi) is 6.99. The lowest BCUT2D eigenvalue weighted by Gasteiger charge is -2.23. The van der Waals surface area contributed by atoms with Crippen molar-refractivity contribution in [3.63, 3.8) is 0 Å². The Labute approximate surface area is 212 Å². The van der Waals surface area contributed by atoms with Crippen LogP contribution in [-0.4, -0.2) is 18.1 Å². The zero-order chi connectivity index (χ0) is 24.9. The second-order valence-corrected chi connectivity index (χ2v) is 9.15. The summed E-state index contributed by atoms with van der Waals surface area (Å²) in [6.07, 6.45) is 2.27. The smallest absolute Gasteiger partial charge is 0.239 e. The maximum Gasteiger partial charge on any atom is 0.239 e. The van der Waals surface area contributed by atoms with E-state index in [1.165, 1.54) is 11.3 Å². The summed E-state index contributed by atoms with van der Waals surface area (Å²) < 4.78 is 2.26. The monoisotopic (exact) mass is 474 g/mol.